The fourth-order valence-electron chi connectivity index (χ4n) is 3.34. The Hall–Kier alpha value is -0.620. The molecule has 0 bridgehead atoms. The molecule has 0 spiro atoms. The van der Waals surface area contributed by atoms with Gasteiger partial charge in [-0.2, -0.15) is 0 Å². The van der Waals surface area contributed by atoms with Crippen LogP contribution in [0.5, 0.6) is 0 Å². The van der Waals surface area contributed by atoms with Crippen LogP contribution >= 0.6 is 0 Å². The molecule has 0 aromatic rings. The lowest BCUT2D eigenvalue weighted by molar-refractivity contribution is -0.127. The van der Waals surface area contributed by atoms with Crippen LogP contribution in [0.3, 0.4) is 0 Å². The molecule has 3 aliphatic rings. The van der Waals surface area contributed by atoms with Crippen molar-refractivity contribution in [1.29, 1.82) is 0 Å². The first-order chi connectivity index (χ1) is 9.47. The average molecular weight is 300 g/mol. The number of piperidine rings is 1. The van der Waals surface area contributed by atoms with Crippen molar-refractivity contribution in [2.75, 3.05) is 18.8 Å². The van der Waals surface area contributed by atoms with Crippen molar-refractivity contribution in [2.45, 2.75) is 51.0 Å². The molecule has 114 valence electrons. The van der Waals surface area contributed by atoms with E-state index < -0.39 is 10.0 Å². The zero-order valence-corrected chi connectivity index (χ0v) is 12.9. The molecule has 3 fully saturated rings. The van der Waals surface area contributed by atoms with Gasteiger partial charge >= 0.3 is 0 Å². The maximum Gasteiger partial charge on any atom is 0.224 e. The minimum Gasteiger partial charge on any atom is -0.350 e. The molecular weight excluding hydrogens is 276 g/mol. The second-order valence-corrected chi connectivity index (χ2v) is 8.77. The molecule has 1 saturated heterocycles. The Morgan fingerprint density at radius 3 is 2.55 bits per heavy atom. The Kier molecular flexibility index (Phi) is 3.57. The zero-order chi connectivity index (χ0) is 14.4. The monoisotopic (exact) mass is 300 g/mol. The van der Waals surface area contributed by atoms with E-state index in [0.717, 1.165) is 25.7 Å². The number of carbonyl (C=O) groups excluding carboxylic acids is 1. The smallest absolute Gasteiger partial charge is 0.224 e. The van der Waals surface area contributed by atoms with Crippen LogP contribution in [0.25, 0.3) is 0 Å². The third kappa shape index (κ3) is 2.72. The summed E-state index contributed by atoms with van der Waals surface area (Å²) in [4.78, 5) is 12.4. The summed E-state index contributed by atoms with van der Waals surface area (Å²) in [5.74, 6) is 0.713. The SMILES string of the molecule is CCS(=O)(=O)N1CCCC(C(=O)NC2(C3CC3)CC2)C1. The molecule has 2 saturated carbocycles. The van der Waals surface area contributed by atoms with Gasteiger partial charge in [-0.3, -0.25) is 4.79 Å². The predicted molar refractivity (Wildman–Crippen MR) is 76.6 cm³/mol. The van der Waals surface area contributed by atoms with Gasteiger partial charge in [-0.1, -0.05) is 0 Å². The van der Waals surface area contributed by atoms with Crippen LogP contribution in [-0.4, -0.2) is 43.0 Å². The number of sulfonamides is 1. The van der Waals surface area contributed by atoms with E-state index in [9.17, 15) is 13.2 Å². The van der Waals surface area contributed by atoms with Gasteiger partial charge in [-0.05, 0) is 51.4 Å². The quantitative estimate of drug-likeness (QED) is 0.827. The van der Waals surface area contributed by atoms with Crippen LogP contribution in [0.15, 0.2) is 0 Å². The first-order valence-corrected chi connectivity index (χ1v) is 9.37. The molecule has 3 rings (SSSR count). The van der Waals surface area contributed by atoms with Crippen molar-refractivity contribution in [3.05, 3.63) is 0 Å². The zero-order valence-electron chi connectivity index (χ0n) is 12.1. The Morgan fingerprint density at radius 1 is 1.30 bits per heavy atom. The molecule has 6 heteroatoms. The van der Waals surface area contributed by atoms with Crippen LogP contribution in [0, 0.1) is 11.8 Å². The topological polar surface area (TPSA) is 66.5 Å². The van der Waals surface area contributed by atoms with Gasteiger partial charge in [-0.15, -0.1) is 0 Å². The van der Waals surface area contributed by atoms with Crippen molar-refractivity contribution in [3.8, 4) is 0 Å². The number of amides is 1. The van der Waals surface area contributed by atoms with Crippen LogP contribution < -0.4 is 5.32 Å². The number of rotatable bonds is 5. The summed E-state index contributed by atoms with van der Waals surface area (Å²) in [5.41, 5.74) is 0.0863. The molecule has 1 amide bonds. The van der Waals surface area contributed by atoms with Gasteiger partial charge in [0, 0.05) is 18.6 Å². The molecule has 20 heavy (non-hydrogen) atoms. The molecule has 1 heterocycles. The molecule has 0 aromatic carbocycles. The summed E-state index contributed by atoms with van der Waals surface area (Å²) in [6.07, 6.45) is 6.28. The standard InChI is InChI=1S/C14H24N2O3S/c1-2-20(18,19)16-9-3-4-11(10-16)13(17)15-14(7-8-14)12-5-6-12/h11-12H,2-10H2,1H3,(H,15,17). The molecule has 5 nitrogen and oxygen atoms in total. The van der Waals surface area contributed by atoms with Crippen LogP contribution in [0.2, 0.25) is 0 Å². The Labute approximate surface area is 121 Å². The normalized spacial score (nSPS) is 29.9. The molecular formula is C14H24N2O3S. The number of nitrogens with one attached hydrogen (secondary N) is 1. The highest BCUT2D eigenvalue weighted by molar-refractivity contribution is 7.89. The van der Waals surface area contributed by atoms with Gasteiger partial charge < -0.3 is 5.32 Å². The molecule has 1 unspecified atom stereocenters. The maximum atomic E-state index is 12.4. The van der Waals surface area contributed by atoms with Crippen LogP contribution in [0.4, 0.5) is 0 Å². The first-order valence-electron chi connectivity index (χ1n) is 7.77. The lowest BCUT2D eigenvalue weighted by Crippen LogP contribution is -2.49. The fraction of sp³-hybridized carbons (Fsp3) is 0.929. The Bertz CT molecular complexity index is 495. The molecule has 0 aromatic heterocycles. The van der Waals surface area contributed by atoms with Crippen LogP contribution in [-0.2, 0) is 14.8 Å². The highest BCUT2D eigenvalue weighted by Crippen LogP contribution is 2.53. The molecule has 1 atom stereocenters. The van der Waals surface area contributed by atoms with E-state index in [-0.39, 0.29) is 23.1 Å². The van der Waals surface area contributed by atoms with Gasteiger partial charge in [0.25, 0.3) is 0 Å². The predicted octanol–water partition coefficient (Wildman–Crippen LogP) is 1.11. The van der Waals surface area contributed by atoms with E-state index in [2.05, 4.69) is 5.32 Å². The van der Waals surface area contributed by atoms with Crippen molar-refractivity contribution in [3.63, 3.8) is 0 Å². The van der Waals surface area contributed by atoms with Crippen molar-refractivity contribution in [1.82, 2.24) is 9.62 Å². The minimum atomic E-state index is -3.17. The van der Waals surface area contributed by atoms with E-state index in [1.54, 1.807) is 6.92 Å². The second-order valence-electron chi connectivity index (χ2n) is 6.52. The highest BCUT2D eigenvalue weighted by Gasteiger charge is 2.55. The Balaban J connectivity index is 1.60. The van der Waals surface area contributed by atoms with Crippen molar-refractivity contribution >= 4 is 15.9 Å². The number of nitrogens with zero attached hydrogens (tertiary/aromatic N) is 1. The van der Waals surface area contributed by atoms with E-state index in [4.69, 9.17) is 0 Å². The summed E-state index contributed by atoms with van der Waals surface area (Å²) >= 11 is 0. The molecule has 2 aliphatic carbocycles. The number of hydrogen-bond acceptors (Lipinski definition) is 3. The highest BCUT2D eigenvalue weighted by atomic mass is 32.2. The third-order valence-electron chi connectivity index (χ3n) is 5.03. The van der Waals surface area contributed by atoms with Gasteiger partial charge in [0.2, 0.25) is 15.9 Å². The van der Waals surface area contributed by atoms with Gasteiger partial charge in [0.1, 0.15) is 0 Å². The van der Waals surface area contributed by atoms with Gasteiger partial charge in [0.05, 0.1) is 11.7 Å². The van der Waals surface area contributed by atoms with E-state index in [1.807, 2.05) is 0 Å². The summed E-state index contributed by atoms with van der Waals surface area (Å²) in [5, 5.41) is 3.23. The minimum absolute atomic E-state index is 0.0744. The number of hydrogen-bond donors (Lipinski definition) is 1. The lowest BCUT2D eigenvalue weighted by Gasteiger charge is -2.32. The van der Waals surface area contributed by atoms with Gasteiger partial charge in [0.15, 0.2) is 0 Å². The largest absolute Gasteiger partial charge is 0.350 e. The van der Waals surface area contributed by atoms with Crippen molar-refractivity contribution < 1.29 is 13.2 Å². The summed E-state index contributed by atoms with van der Waals surface area (Å²) in [6, 6.07) is 0. The van der Waals surface area contributed by atoms with E-state index in [0.29, 0.717) is 19.0 Å². The third-order valence-corrected chi connectivity index (χ3v) is 6.88. The maximum absolute atomic E-state index is 12.4. The average Bonchev–Trinajstić information content (AvgIpc) is 3.31. The van der Waals surface area contributed by atoms with Crippen molar-refractivity contribution in [2.24, 2.45) is 11.8 Å². The Morgan fingerprint density at radius 2 is 2.00 bits per heavy atom. The number of carbonyl (C=O) groups is 1. The summed E-state index contributed by atoms with van der Waals surface area (Å²) in [6.45, 7) is 2.59. The van der Waals surface area contributed by atoms with E-state index >= 15 is 0 Å². The van der Waals surface area contributed by atoms with E-state index in [1.165, 1.54) is 17.1 Å². The lowest BCUT2D eigenvalue weighted by atomic mass is 9.97. The van der Waals surface area contributed by atoms with Crippen LogP contribution in [0.1, 0.15) is 45.4 Å². The fourth-order valence-corrected chi connectivity index (χ4v) is 4.52. The molecule has 0 radical (unpaired) electrons. The van der Waals surface area contributed by atoms with Gasteiger partial charge in [-0.25, -0.2) is 12.7 Å². The summed E-state index contributed by atoms with van der Waals surface area (Å²) < 4.78 is 25.4. The first kappa shape index (κ1) is 14.3. The molecule has 1 aliphatic heterocycles. The molecule has 1 N–H and O–H groups in total. The summed E-state index contributed by atoms with van der Waals surface area (Å²) in [7, 11) is -3.17. The second kappa shape index (κ2) is 4.98.